The minimum atomic E-state index is 0.956. The molecule has 0 spiro atoms. The summed E-state index contributed by atoms with van der Waals surface area (Å²) in [4.78, 5) is 3.95. The molecule has 1 aliphatic rings. The first-order chi connectivity index (χ1) is 7.43. The molecule has 0 atom stereocenters. The molecule has 2 heterocycles. The fraction of sp³-hybridized carbons (Fsp3) is 0.273. The van der Waals surface area contributed by atoms with Crippen LogP contribution in [0.15, 0.2) is 30.9 Å². The van der Waals surface area contributed by atoms with Crippen LogP contribution >= 0.6 is 0 Å². The second-order valence-corrected chi connectivity index (χ2v) is 3.72. The molecule has 0 aliphatic carbocycles. The quantitative estimate of drug-likeness (QED) is 0.744. The summed E-state index contributed by atoms with van der Waals surface area (Å²) in [6.07, 6.45) is 4.39. The van der Waals surface area contributed by atoms with Gasteiger partial charge in [-0.15, -0.1) is 0 Å². The van der Waals surface area contributed by atoms with Gasteiger partial charge in [-0.1, -0.05) is 6.07 Å². The third-order valence-corrected chi connectivity index (χ3v) is 2.76. The van der Waals surface area contributed by atoms with Gasteiger partial charge in [0.1, 0.15) is 12.7 Å². The van der Waals surface area contributed by atoms with Crippen molar-refractivity contribution in [1.29, 1.82) is 0 Å². The molecule has 0 unspecified atom stereocenters. The van der Waals surface area contributed by atoms with Gasteiger partial charge in [-0.05, 0) is 36.2 Å². The lowest BCUT2D eigenvalue weighted by atomic mass is 10.0. The van der Waals surface area contributed by atoms with Gasteiger partial charge in [0.05, 0.1) is 5.69 Å². The zero-order valence-electron chi connectivity index (χ0n) is 8.35. The zero-order chi connectivity index (χ0) is 10.1. The summed E-state index contributed by atoms with van der Waals surface area (Å²) in [5.41, 5.74) is 3.89. The summed E-state index contributed by atoms with van der Waals surface area (Å²) >= 11 is 0. The normalized spacial score (nSPS) is 14.9. The van der Waals surface area contributed by atoms with E-state index in [2.05, 4.69) is 33.6 Å². The smallest absolute Gasteiger partial charge is 0.138 e. The Kier molecular flexibility index (Phi) is 1.99. The molecule has 3 rings (SSSR count). The number of benzene rings is 1. The van der Waals surface area contributed by atoms with Gasteiger partial charge in [0, 0.05) is 6.54 Å². The number of hydrogen-bond donors (Lipinski definition) is 1. The molecule has 2 aromatic rings. The Hall–Kier alpha value is -1.68. The Morgan fingerprint density at radius 3 is 3.13 bits per heavy atom. The summed E-state index contributed by atoms with van der Waals surface area (Å²) < 4.78 is 1.79. The Morgan fingerprint density at radius 2 is 2.27 bits per heavy atom. The summed E-state index contributed by atoms with van der Waals surface area (Å²) in [5, 5.41) is 7.49. The van der Waals surface area contributed by atoms with Gasteiger partial charge in [-0.3, -0.25) is 0 Å². The van der Waals surface area contributed by atoms with E-state index in [1.807, 2.05) is 0 Å². The van der Waals surface area contributed by atoms with E-state index < -0.39 is 0 Å². The van der Waals surface area contributed by atoms with Crippen LogP contribution in [0.2, 0.25) is 0 Å². The minimum Gasteiger partial charge on any atom is -0.312 e. The summed E-state index contributed by atoms with van der Waals surface area (Å²) in [6, 6.07) is 6.46. The van der Waals surface area contributed by atoms with E-state index in [-0.39, 0.29) is 0 Å². The minimum absolute atomic E-state index is 0.956. The maximum Gasteiger partial charge on any atom is 0.138 e. The lowest BCUT2D eigenvalue weighted by Crippen LogP contribution is -2.23. The topological polar surface area (TPSA) is 42.7 Å². The van der Waals surface area contributed by atoms with E-state index in [0.717, 1.165) is 25.2 Å². The van der Waals surface area contributed by atoms with E-state index >= 15 is 0 Å². The van der Waals surface area contributed by atoms with Crippen molar-refractivity contribution < 1.29 is 0 Å². The molecule has 1 aliphatic heterocycles. The van der Waals surface area contributed by atoms with Crippen molar-refractivity contribution in [2.45, 2.75) is 13.0 Å². The van der Waals surface area contributed by atoms with Crippen LogP contribution in [0.3, 0.4) is 0 Å². The highest BCUT2D eigenvalue weighted by atomic mass is 15.3. The molecule has 1 N–H and O–H groups in total. The van der Waals surface area contributed by atoms with Crippen LogP contribution < -0.4 is 5.32 Å². The van der Waals surface area contributed by atoms with Crippen LogP contribution in [0, 0.1) is 0 Å². The standard InChI is InChI=1S/C11H12N4/c1-2-11(15-8-13-7-14-15)5-10-6-12-4-3-9(1)10/h1-2,5,7-8,12H,3-4,6H2. The molecule has 4 heteroatoms. The van der Waals surface area contributed by atoms with Crippen LogP contribution in [0.4, 0.5) is 0 Å². The van der Waals surface area contributed by atoms with E-state index in [1.165, 1.54) is 11.1 Å². The highest BCUT2D eigenvalue weighted by Gasteiger charge is 2.09. The Labute approximate surface area is 88.0 Å². The second-order valence-electron chi connectivity index (χ2n) is 3.72. The molecule has 0 radical (unpaired) electrons. The Balaban J connectivity index is 2.04. The van der Waals surface area contributed by atoms with Crippen LogP contribution in [-0.4, -0.2) is 21.3 Å². The van der Waals surface area contributed by atoms with Crippen LogP contribution in [0.5, 0.6) is 0 Å². The number of hydrogen-bond acceptors (Lipinski definition) is 3. The first-order valence-electron chi connectivity index (χ1n) is 5.11. The lowest BCUT2D eigenvalue weighted by molar-refractivity contribution is 0.642. The number of rotatable bonds is 1. The predicted octanol–water partition coefficient (Wildman–Crippen LogP) is 0.913. The third-order valence-electron chi connectivity index (χ3n) is 2.76. The van der Waals surface area contributed by atoms with Gasteiger partial charge in [-0.2, -0.15) is 5.10 Å². The predicted molar refractivity (Wildman–Crippen MR) is 56.8 cm³/mol. The first-order valence-corrected chi connectivity index (χ1v) is 5.11. The van der Waals surface area contributed by atoms with Crippen molar-refractivity contribution in [3.63, 3.8) is 0 Å². The molecule has 0 bridgehead atoms. The van der Waals surface area contributed by atoms with Gasteiger partial charge >= 0.3 is 0 Å². The van der Waals surface area contributed by atoms with Crippen molar-refractivity contribution in [2.24, 2.45) is 0 Å². The average molecular weight is 200 g/mol. The van der Waals surface area contributed by atoms with E-state index in [0.29, 0.717) is 0 Å². The fourth-order valence-electron chi connectivity index (χ4n) is 1.95. The summed E-state index contributed by atoms with van der Waals surface area (Å²) in [5.74, 6) is 0. The van der Waals surface area contributed by atoms with Gasteiger partial charge in [0.25, 0.3) is 0 Å². The van der Waals surface area contributed by atoms with Crippen molar-refractivity contribution >= 4 is 0 Å². The Bertz CT molecular complexity index is 461. The lowest BCUT2D eigenvalue weighted by Gasteiger charge is -2.17. The van der Waals surface area contributed by atoms with Crippen molar-refractivity contribution in [3.8, 4) is 5.69 Å². The van der Waals surface area contributed by atoms with Gasteiger partial charge in [0.15, 0.2) is 0 Å². The second kappa shape index (κ2) is 3.47. The molecule has 0 amide bonds. The fourth-order valence-corrected chi connectivity index (χ4v) is 1.95. The molecule has 4 nitrogen and oxygen atoms in total. The summed E-state index contributed by atoms with van der Waals surface area (Å²) in [6.45, 7) is 2.04. The maximum atomic E-state index is 4.12. The average Bonchev–Trinajstić information content (AvgIpc) is 2.82. The monoisotopic (exact) mass is 200 g/mol. The molecule has 1 aromatic carbocycles. The van der Waals surface area contributed by atoms with Crippen molar-refractivity contribution in [2.75, 3.05) is 6.54 Å². The molecule has 1 aromatic heterocycles. The number of nitrogens with zero attached hydrogens (tertiary/aromatic N) is 3. The zero-order valence-corrected chi connectivity index (χ0v) is 8.35. The van der Waals surface area contributed by atoms with Crippen LogP contribution in [0.1, 0.15) is 11.1 Å². The molecule has 76 valence electrons. The SMILES string of the molecule is c1ncn(-c2ccc3c(c2)CNCC3)n1. The molecule has 15 heavy (non-hydrogen) atoms. The van der Waals surface area contributed by atoms with Crippen molar-refractivity contribution in [1.82, 2.24) is 20.1 Å². The van der Waals surface area contributed by atoms with Crippen LogP contribution in [-0.2, 0) is 13.0 Å². The highest BCUT2D eigenvalue weighted by molar-refractivity contribution is 5.40. The number of aromatic nitrogens is 3. The molecular formula is C11H12N4. The van der Waals surface area contributed by atoms with Gasteiger partial charge < -0.3 is 5.32 Å². The largest absolute Gasteiger partial charge is 0.312 e. The molecule has 0 saturated heterocycles. The first kappa shape index (κ1) is 8.61. The molecule has 0 saturated carbocycles. The summed E-state index contributed by atoms with van der Waals surface area (Å²) in [7, 11) is 0. The van der Waals surface area contributed by atoms with E-state index in [4.69, 9.17) is 0 Å². The molecule has 0 fully saturated rings. The Morgan fingerprint density at radius 1 is 1.27 bits per heavy atom. The van der Waals surface area contributed by atoms with Crippen molar-refractivity contribution in [3.05, 3.63) is 42.0 Å². The number of nitrogens with one attached hydrogen (secondary N) is 1. The van der Waals surface area contributed by atoms with E-state index in [9.17, 15) is 0 Å². The van der Waals surface area contributed by atoms with Crippen LogP contribution in [0.25, 0.3) is 5.69 Å². The van der Waals surface area contributed by atoms with Gasteiger partial charge in [0.2, 0.25) is 0 Å². The van der Waals surface area contributed by atoms with E-state index in [1.54, 1.807) is 17.3 Å². The third kappa shape index (κ3) is 1.53. The van der Waals surface area contributed by atoms with Gasteiger partial charge in [-0.25, -0.2) is 9.67 Å². The highest BCUT2D eigenvalue weighted by Crippen LogP contribution is 2.17. The molecular weight excluding hydrogens is 188 g/mol. The maximum absolute atomic E-state index is 4.12. The number of fused-ring (bicyclic) bond motifs is 1.